The molecule has 0 heterocycles. The fraction of sp³-hybridized carbons (Fsp3) is 0.562. The van der Waals surface area contributed by atoms with Crippen LogP contribution in [0.5, 0.6) is 0 Å². The lowest BCUT2D eigenvalue weighted by molar-refractivity contribution is 0.218. The van der Waals surface area contributed by atoms with Gasteiger partial charge >= 0.3 is 6.03 Å². The monoisotopic (exact) mass is 278 g/mol. The maximum absolute atomic E-state index is 11.7. The van der Waals surface area contributed by atoms with Crippen molar-refractivity contribution in [2.45, 2.75) is 46.2 Å². The van der Waals surface area contributed by atoms with Crippen LogP contribution >= 0.6 is 0 Å². The highest BCUT2D eigenvalue weighted by molar-refractivity contribution is 5.74. The number of urea groups is 1. The summed E-state index contributed by atoms with van der Waals surface area (Å²) in [5.74, 6) is 0.641. The number of rotatable bonds is 6. The molecule has 0 saturated carbocycles. The van der Waals surface area contributed by atoms with Gasteiger partial charge in [0.2, 0.25) is 0 Å². The molecule has 2 amide bonds. The predicted molar refractivity (Wildman–Crippen MR) is 81.6 cm³/mol. The summed E-state index contributed by atoms with van der Waals surface area (Å²) in [5.41, 5.74) is 2.39. The molecule has 3 N–H and O–H groups in total. The fourth-order valence-electron chi connectivity index (χ4n) is 2.00. The lowest BCUT2D eigenvalue weighted by atomic mass is 10.00. The number of hydrogen-bond acceptors (Lipinski definition) is 2. The topological polar surface area (TPSA) is 61.4 Å². The highest BCUT2D eigenvalue weighted by Gasteiger charge is 2.11. The normalized spacial score (nSPS) is 13.9. The lowest BCUT2D eigenvalue weighted by Gasteiger charge is -2.17. The van der Waals surface area contributed by atoms with Gasteiger partial charge in [-0.05, 0) is 37.3 Å². The van der Waals surface area contributed by atoms with Gasteiger partial charge in [-0.2, -0.15) is 0 Å². The van der Waals surface area contributed by atoms with Gasteiger partial charge in [-0.25, -0.2) is 4.79 Å². The van der Waals surface area contributed by atoms with Crippen molar-refractivity contribution < 1.29 is 9.90 Å². The lowest BCUT2D eigenvalue weighted by Crippen LogP contribution is -2.43. The van der Waals surface area contributed by atoms with Crippen LogP contribution in [-0.2, 0) is 6.42 Å². The van der Waals surface area contributed by atoms with E-state index in [1.807, 2.05) is 6.92 Å². The maximum atomic E-state index is 11.7. The van der Waals surface area contributed by atoms with Gasteiger partial charge in [0.25, 0.3) is 0 Å². The number of aliphatic hydroxyl groups is 1. The van der Waals surface area contributed by atoms with E-state index in [1.165, 1.54) is 5.56 Å². The number of benzene rings is 1. The summed E-state index contributed by atoms with van der Waals surface area (Å²) in [6.45, 7) is 8.03. The molecule has 112 valence electrons. The first-order valence-corrected chi connectivity index (χ1v) is 7.19. The highest BCUT2D eigenvalue weighted by Crippen LogP contribution is 2.15. The number of amides is 2. The molecular formula is C16H26N2O2. The van der Waals surface area contributed by atoms with Crippen LogP contribution in [-0.4, -0.2) is 23.8 Å². The molecule has 0 spiro atoms. The average molecular weight is 278 g/mol. The molecule has 4 nitrogen and oxygen atoms in total. The van der Waals surface area contributed by atoms with E-state index in [-0.39, 0.29) is 24.7 Å². The van der Waals surface area contributed by atoms with Crippen LogP contribution in [0.3, 0.4) is 0 Å². The van der Waals surface area contributed by atoms with Gasteiger partial charge < -0.3 is 15.7 Å². The van der Waals surface area contributed by atoms with E-state index >= 15 is 0 Å². The predicted octanol–water partition coefficient (Wildman–Crippen LogP) is 2.63. The Morgan fingerprint density at radius 1 is 1.10 bits per heavy atom. The number of hydrogen-bond donors (Lipinski definition) is 3. The molecule has 0 aromatic heterocycles. The minimum Gasteiger partial charge on any atom is -0.394 e. The van der Waals surface area contributed by atoms with E-state index < -0.39 is 0 Å². The van der Waals surface area contributed by atoms with E-state index in [2.05, 4.69) is 48.7 Å². The van der Waals surface area contributed by atoms with Crippen LogP contribution in [0, 0.1) is 5.92 Å². The van der Waals surface area contributed by atoms with Gasteiger partial charge in [0, 0.05) is 0 Å². The molecule has 0 fully saturated rings. The Hall–Kier alpha value is -1.55. The van der Waals surface area contributed by atoms with Crippen LogP contribution in [0.15, 0.2) is 24.3 Å². The standard InChI is InChI=1S/C16H26N2O2/c1-11(2)9-14-5-7-15(8-6-14)13(4)18-16(20)17-12(3)10-19/h5-8,11-13,19H,9-10H2,1-4H3,(H2,17,18,20). The molecule has 2 unspecified atom stereocenters. The van der Waals surface area contributed by atoms with Crippen molar-refractivity contribution in [2.24, 2.45) is 5.92 Å². The molecule has 0 aliphatic carbocycles. The minimum absolute atomic E-state index is 0.0611. The summed E-state index contributed by atoms with van der Waals surface area (Å²) in [4.78, 5) is 11.7. The van der Waals surface area contributed by atoms with Crippen LogP contribution in [0.1, 0.15) is 44.9 Å². The number of nitrogens with one attached hydrogen (secondary N) is 2. The van der Waals surface area contributed by atoms with Gasteiger partial charge in [0.15, 0.2) is 0 Å². The van der Waals surface area contributed by atoms with Gasteiger partial charge in [-0.3, -0.25) is 0 Å². The second-order valence-electron chi connectivity index (χ2n) is 5.76. The van der Waals surface area contributed by atoms with Crippen molar-refractivity contribution >= 4 is 6.03 Å². The molecule has 0 saturated heterocycles. The second-order valence-corrected chi connectivity index (χ2v) is 5.76. The molecule has 1 aromatic rings. The van der Waals surface area contributed by atoms with Gasteiger partial charge in [-0.1, -0.05) is 38.1 Å². The van der Waals surface area contributed by atoms with E-state index in [0.717, 1.165) is 12.0 Å². The molecule has 1 rings (SSSR count). The zero-order chi connectivity index (χ0) is 15.1. The third kappa shape index (κ3) is 5.61. The molecule has 2 atom stereocenters. The molecule has 4 heteroatoms. The molecule has 0 aliphatic heterocycles. The number of carbonyl (C=O) groups excluding carboxylic acids is 1. The van der Waals surface area contributed by atoms with Crippen molar-refractivity contribution in [2.75, 3.05) is 6.61 Å². The summed E-state index contributed by atoms with van der Waals surface area (Å²) in [6, 6.07) is 7.77. The van der Waals surface area contributed by atoms with E-state index in [1.54, 1.807) is 6.92 Å². The number of aliphatic hydroxyl groups excluding tert-OH is 1. The smallest absolute Gasteiger partial charge is 0.315 e. The molecule has 20 heavy (non-hydrogen) atoms. The zero-order valence-corrected chi connectivity index (χ0v) is 12.8. The first-order chi connectivity index (χ1) is 9.42. The van der Waals surface area contributed by atoms with Gasteiger partial charge in [0.05, 0.1) is 18.7 Å². The second kappa shape index (κ2) is 7.90. The van der Waals surface area contributed by atoms with Crippen molar-refractivity contribution in [3.8, 4) is 0 Å². The minimum atomic E-state index is -0.259. The summed E-state index contributed by atoms with van der Waals surface area (Å²) < 4.78 is 0. The third-order valence-corrected chi connectivity index (χ3v) is 3.12. The largest absolute Gasteiger partial charge is 0.394 e. The Morgan fingerprint density at radius 2 is 1.70 bits per heavy atom. The summed E-state index contributed by atoms with van der Waals surface area (Å²) in [5, 5.41) is 14.4. The Bertz CT molecular complexity index is 415. The third-order valence-electron chi connectivity index (χ3n) is 3.12. The average Bonchev–Trinajstić information content (AvgIpc) is 2.38. The Kier molecular flexibility index (Phi) is 6.52. The van der Waals surface area contributed by atoms with E-state index in [4.69, 9.17) is 5.11 Å². The zero-order valence-electron chi connectivity index (χ0n) is 12.8. The van der Waals surface area contributed by atoms with Crippen LogP contribution < -0.4 is 10.6 Å². The fourth-order valence-corrected chi connectivity index (χ4v) is 2.00. The van der Waals surface area contributed by atoms with Crippen molar-refractivity contribution in [1.29, 1.82) is 0 Å². The molecule has 1 aromatic carbocycles. The summed E-state index contributed by atoms with van der Waals surface area (Å²) >= 11 is 0. The van der Waals surface area contributed by atoms with Crippen molar-refractivity contribution in [1.82, 2.24) is 10.6 Å². The maximum Gasteiger partial charge on any atom is 0.315 e. The molecule has 0 bridgehead atoms. The van der Waals surface area contributed by atoms with Crippen LogP contribution in [0.2, 0.25) is 0 Å². The quantitative estimate of drug-likeness (QED) is 0.749. The van der Waals surface area contributed by atoms with E-state index in [9.17, 15) is 4.79 Å². The Labute approximate surface area is 121 Å². The molecule has 0 aliphatic rings. The van der Waals surface area contributed by atoms with Crippen LogP contribution in [0.25, 0.3) is 0 Å². The number of carbonyl (C=O) groups is 1. The van der Waals surface area contributed by atoms with Gasteiger partial charge in [-0.15, -0.1) is 0 Å². The molecular weight excluding hydrogens is 252 g/mol. The Morgan fingerprint density at radius 3 is 2.20 bits per heavy atom. The first-order valence-electron chi connectivity index (χ1n) is 7.19. The Balaban J connectivity index is 2.54. The van der Waals surface area contributed by atoms with Crippen LogP contribution in [0.4, 0.5) is 4.79 Å². The van der Waals surface area contributed by atoms with Crippen molar-refractivity contribution in [3.05, 3.63) is 35.4 Å². The highest BCUT2D eigenvalue weighted by atomic mass is 16.3. The molecule has 0 radical (unpaired) electrons. The first kappa shape index (κ1) is 16.5. The SMILES string of the molecule is CC(C)Cc1ccc(C(C)NC(=O)NC(C)CO)cc1. The van der Waals surface area contributed by atoms with E-state index in [0.29, 0.717) is 5.92 Å². The summed E-state index contributed by atoms with van der Waals surface area (Å²) in [6.07, 6.45) is 1.07. The van der Waals surface area contributed by atoms with Crippen molar-refractivity contribution in [3.63, 3.8) is 0 Å². The van der Waals surface area contributed by atoms with Gasteiger partial charge in [0.1, 0.15) is 0 Å². The summed E-state index contributed by atoms with van der Waals surface area (Å²) in [7, 11) is 0.